The Bertz CT molecular complexity index is 604. The minimum Gasteiger partial charge on any atom is -0.437 e. The summed E-state index contributed by atoms with van der Waals surface area (Å²) in [6, 6.07) is 8.49. The van der Waals surface area contributed by atoms with E-state index in [1.807, 2.05) is 6.07 Å². The normalized spacial score (nSPS) is 10.1. The van der Waals surface area contributed by atoms with Gasteiger partial charge in [-0.1, -0.05) is 27.5 Å². The first-order valence-corrected chi connectivity index (χ1v) is 6.17. The van der Waals surface area contributed by atoms with Crippen LogP contribution in [-0.4, -0.2) is 10.8 Å². The van der Waals surface area contributed by atoms with E-state index in [0.29, 0.717) is 22.2 Å². The highest BCUT2D eigenvalue weighted by Gasteiger charge is 2.06. The molecule has 6 heteroatoms. The SMILES string of the molecule is N=C(N)c1ccnc(Oc2cc(Br)ccc2Cl)c1. The number of hydrogen-bond acceptors (Lipinski definition) is 3. The number of amidine groups is 1. The summed E-state index contributed by atoms with van der Waals surface area (Å²) in [5.74, 6) is 0.782. The highest BCUT2D eigenvalue weighted by atomic mass is 79.9. The molecule has 0 atom stereocenters. The van der Waals surface area contributed by atoms with E-state index in [9.17, 15) is 0 Å². The summed E-state index contributed by atoms with van der Waals surface area (Å²) in [6.07, 6.45) is 1.53. The molecule has 0 bridgehead atoms. The highest BCUT2D eigenvalue weighted by Crippen LogP contribution is 2.31. The molecular weight excluding hydrogens is 318 g/mol. The van der Waals surface area contributed by atoms with Crippen molar-refractivity contribution in [3.8, 4) is 11.6 Å². The molecule has 0 saturated carbocycles. The van der Waals surface area contributed by atoms with Gasteiger partial charge in [-0.3, -0.25) is 5.41 Å². The lowest BCUT2D eigenvalue weighted by molar-refractivity contribution is 0.463. The zero-order chi connectivity index (χ0) is 13.1. The number of nitrogens with one attached hydrogen (secondary N) is 1. The molecule has 0 radical (unpaired) electrons. The van der Waals surface area contributed by atoms with E-state index < -0.39 is 0 Å². The Hall–Kier alpha value is -1.59. The molecule has 4 nitrogen and oxygen atoms in total. The standard InChI is InChI=1S/C12H9BrClN3O/c13-8-1-2-9(14)10(6-8)18-11-5-7(12(15)16)3-4-17-11/h1-6H,(H3,15,16). The second-order valence-electron chi connectivity index (χ2n) is 3.47. The van der Waals surface area contributed by atoms with Crippen molar-refractivity contribution in [2.24, 2.45) is 5.73 Å². The van der Waals surface area contributed by atoms with Crippen LogP contribution in [-0.2, 0) is 0 Å². The maximum atomic E-state index is 7.35. The van der Waals surface area contributed by atoms with Gasteiger partial charge in [0.1, 0.15) is 11.6 Å². The van der Waals surface area contributed by atoms with Gasteiger partial charge in [0.2, 0.25) is 5.88 Å². The number of pyridine rings is 1. The Kier molecular flexibility index (Phi) is 3.84. The predicted octanol–water partition coefficient (Wildman–Crippen LogP) is 3.57. The van der Waals surface area contributed by atoms with Crippen molar-refractivity contribution in [1.29, 1.82) is 5.41 Å². The van der Waals surface area contributed by atoms with E-state index >= 15 is 0 Å². The molecule has 18 heavy (non-hydrogen) atoms. The van der Waals surface area contributed by atoms with Crippen LogP contribution in [0.2, 0.25) is 5.02 Å². The minimum atomic E-state index is -0.0393. The first kappa shape index (κ1) is 12.9. The molecule has 1 heterocycles. The number of benzene rings is 1. The van der Waals surface area contributed by atoms with E-state index in [1.165, 1.54) is 6.20 Å². The Morgan fingerprint density at radius 2 is 2.11 bits per heavy atom. The largest absolute Gasteiger partial charge is 0.437 e. The Morgan fingerprint density at radius 1 is 1.33 bits per heavy atom. The number of hydrogen-bond donors (Lipinski definition) is 2. The first-order valence-electron chi connectivity index (χ1n) is 4.99. The van der Waals surface area contributed by atoms with Gasteiger partial charge in [0.05, 0.1) is 5.02 Å². The van der Waals surface area contributed by atoms with Crippen LogP contribution >= 0.6 is 27.5 Å². The summed E-state index contributed by atoms with van der Waals surface area (Å²) in [5, 5.41) is 7.83. The fourth-order valence-corrected chi connectivity index (χ4v) is 1.80. The van der Waals surface area contributed by atoms with Gasteiger partial charge >= 0.3 is 0 Å². The quantitative estimate of drug-likeness (QED) is 0.669. The maximum Gasteiger partial charge on any atom is 0.219 e. The molecule has 92 valence electrons. The third-order valence-corrected chi connectivity index (χ3v) is 2.96. The summed E-state index contributed by atoms with van der Waals surface area (Å²) >= 11 is 9.34. The second-order valence-corrected chi connectivity index (χ2v) is 4.80. The molecule has 0 aliphatic rings. The topological polar surface area (TPSA) is 72.0 Å². The van der Waals surface area contributed by atoms with E-state index in [2.05, 4.69) is 20.9 Å². The third kappa shape index (κ3) is 3.00. The maximum absolute atomic E-state index is 7.35. The molecule has 0 spiro atoms. The fourth-order valence-electron chi connectivity index (χ4n) is 1.30. The average molecular weight is 327 g/mol. The summed E-state index contributed by atoms with van der Waals surface area (Å²) in [5.41, 5.74) is 5.94. The zero-order valence-corrected chi connectivity index (χ0v) is 11.5. The van der Waals surface area contributed by atoms with Crippen LogP contribution in [0.15, 0.2) is 41.0 Å². The van der Waals surface area contributed by atoms with Gasteiger partial charge in [-0.15, -0.1) is 0 Å². The van der Waals surface area contributed by atoms with Crippen molar-refractivity contribution in [2.75, 3.05) is 0 Å². The van der Waals surface area contributed by atoms with Crippen molar-refractivity contribution in [2.45, 2.75) is 0 Å². The van der Waals surface area contributed by atoms with Gasteiger partial charge in [-0.05, 0) is 24.3 Å². The molecule has 3 N–H and O–H groups in total. The van der Waals surface area contributed by atoms with Gasteiger partial charge in [0.15, 0.2) is 0 Å². The van der Waals surface area contributed by atoms with Gasteiger partial charge in [-0.2, -0.15) is 0 Å². The van der Waals surface area contributed by atoms with Crippen LogP contribution in [0.3, 0.4) is 0 Å². The summed E-state index contributed by atoms with van der Waals surface area (Å²) in [4.78, 5) is 4.04. The van der Waals surface area contributed by atoms with Crippen LogP contribution in [0.4, 0.5) is 0 Å². The molecule has 0 unspecified atom stereocenters. The number of aromatic nitrogens is 1. The molecule has 2 aromatic rings. The Balaban J connectivity index is 2.31. The van der Waals surface area contributed by atoms with E-state index in [-0.39, 0.29) is 5.84 Å². The Labute approximate surface area is 117 Å². The highest BCUT2D eigenvalue weighted by molar-refractivity contribution is 9.10. The number of halogens is 2. The van der Waals surface area contributed by atoms with E-state index in [0.717, 1.165) is 4.47 Å². The van der Waals surface area contributed by atoms with Crippen LogP contribution in [0.1, 0.15) is 5.56 Å². The number of nitrogens with two attached hydrogens (primary N) is 1. The molecule has 0 fully saturated rings. The number of nitrogen functional groups attached to an aromatic ring is 1. The lowest BCUT2D eigenvalue weighted by atomic mass is 10.2. The molecule has 0 amide bonds. The second kappa shape index (κ2) is 5.37. The summed E-state index contributed by atoms with van der Waals surface area (Å²) in [6.45, 7) is 0. The van der Waals surface area contributed by atoms with Crippen molar-refractivity contribution < 1.29 is 4.74 Å². The van der Waals surface area contributed by atoms with Gasteiger partial charge in [-0.25, -0.2) is 4.98 Å². The Morgan fingerprint density at radius 3 is 2.83 bits per heavy atom. The van der Waals surface area contributed by atoms with Crippen LogP contribution < -0.4 is 10.5 Å². The first-order chi connectivity index (χ1) is 8.56. The number of rotatable bonds is 3. The van der Waals surface area contributed by atoms with Crippen LogP contribution in [0.5, 0.6) is 11.6 Å². The van der Waals surface area contributed by atoms with Crippen LogP contribution in [0, 0.1) is 5.41 Å². The lowest BCUT2D eigenvalue weighted by Crippen LogP contribution is -2.11. The minimum absolute atomic E-state index is 0.0393. The van der Waals surface area contributed by atoms with Crippen molar-refractivity contribution in [1.82, 2.24) is 4.98 Å². The molecule has 0 saturated heterocycles. The van der Waals surface area contributed by atoms with Gasteiger partial charge in [0, 0.05) is 22.3 Å². The smallest absolute Gasteiger partial charge is 0.219 e. The zero-order valence-electron chi connectivity index (χ0n) is 9.15. The van der Waals surface area contributed by atoms with Crippen molar-refractivity contribution in [3.05, 3.63) is 51.6 Å². The van der Waals surface area contributed by atoms with Gasteiger partial charge in [0.25, 0.3) is 0 Å². The van der Waals surface area contributed by atoms with Crippen LogP contribution in [0.25, 0.3) is 0 Å². The number of ether oxygens (including phenoxy) is 1. The molecule has 0 aliphatic carbocycles. The van der Waals surface area contributed by atoms with Gasteiger partial charge < -0.3 is 10.5 Å². The van der Waals surface area contributed by atoms with E-state index in [4.69, 9.17) is 27.5 Å². The van der Waals surface area contributed by atoms with Crippen molar-refractivity contribution >= 4 is 33.4 Å². The summed E-state index contributed by atoms with van der Waals surface area (Å²) < 4.78 is 6.41. The fraction of sp³-hybridized carbons (Fsp3) is 0. The number of nitrogens with zero attached hydrogens (tertiary/aromatic N) is 1. The molecular formula is C12H9BrClN3O. The lowest BCUT2D eigenvalue weighted by Gasteiger charge is -2.08. The third-order valence-electron chi connectivity index (χ3n) is 2.15. The molecule has 1 aromatic heterocycles. The van der Waals surface area contributed by atoms with Crippen molar-refractivity contribution in [3.63, 3.8) is 0 Å². The predicted molar refractivity (Wildman–Crippen MR) is 74.5 cm³/mol. The monoisotopic (exact) mass is 325 g/mol. The molecule has 2 rings (SSSR count). The summed E-state index contributed by atoms with van der Waals surface area (Å²) in [7, 11) is 0. The van der Waals surface area contributed by atoms with E-state index in [1.54, 1.807) is 24.3 Å². The molecule has 0 aliphatic heterocycles. The average Bonchev–Trinajstić information content (AvgIpc) is 2.34. The molecule has 1 aromatic carbocycles.